The molecule has 3 heterocycles. The summed E-state index contributed by atoms with van der Waals surface area (Å²) in [6, 6.07) is 10.5. The second-order valence-corrected chi connectivity index (χ2v) is 7.02. The van der Waals surface area contributed by atoms with Gasteiger partial charge in [-0.25, -0.2) is 4.68 Å². The molecular weight excluding hydrogens is 358 g/mol. The predicted octanol–water partition coefficient (Wildman–Crippen LogP) is 2.16. The number of aromatic nitrogens is 4. The molecule has 0 spiro atoms. The third kappa shape index (κ3) is 3.58. The van der Waals surface area contributed by atoms with Gasteiger partial charge in [0.25, 0.3) is 11.5 Å². The van der Waals surface area contributed by atoms with Crippen molar-refractivity contribution >= 4 is 5.91 Å². The van der Waals surface area contributed by atoms with Crippen molar-refractivity contribution in [3.8, 4) is 11.3 Å². The van der Waals surface area contributed by atoms with Crippen LogP contribution in [-0.4, -0.2) is 43.8 Å². The van der Waals surface area contributed by atoms with Crippen LogP contribution in [0.5, 0.6) is 0 Å². The first kappa shape index (κ1) is 18.1. The van der Waals surface area contributed by atoms with Gasteiger partial charge in [0.1, 0.15) is 0 Å². The fourth-order valence-corrected chi connectivity index (χ4v) is 3.50. The van der Waals surface area contributed by atoms with Crippen LogP contribution in [0.3, 0.4) is 0 Å². The summed E-state index contributed by atoms with van der Waals surface area (Å²) in [5.74, 6) is 1.26. The number of piperidine rings is 1. The number of likely N-dealkylation sites (tertiary alicyclic amines) is 1. The molecule has 1 aliphatic rings. The van der Waals surface area contributed by atoms with Crippen LogP contribution >= 0.6 is 0 Å². The normalized spacial score (nSPS) is 16.9. The highest BCUT2D eigenvalue weighted by Gasteiger charge is 2.28. The van der Waals surface area contributed by atoms with Crippen LogP contribution in [0.1, 0.15) is 40.8 Å². The maximum atomic E-state index is 13.1. The van der Waals surface area contributed by atoms with Crippen molar-refractivity contribution in [2.45, 2.75) is 25.7 Å². The number of hydrogen-bond donors (Lipinski definition) is 0. The average Bonchev–Trinajstić information content (AvgIpc) is 3.16. The molecule has 8 heteroatoms. The molecule has 2 aromatic heterocycles. The smallest absolute Gasteiger partial charge is 0.266 e. The number of carbonyl (C=O) groups is 1. The Kier molecular flexibility index (Phi) is 4.77. The van der Waals surface area contributed by atoms with Gasteiger partial charge in [0.05, 0.1) is 5.69 Å². The number of aryl methyl sites for hydroxylation is 2. The molecule has 0 N–H and O–H groups in total. The summed E-state index contributed by atoms with van der Waals surface area (Å²) < 4.78 is 6.37. The van der Waals surface area contributed by atoms with E-state index < -0.39 is 0 Å². The minimum absolute atomic E-state index is 0.0309. The highest BCUT2D eigenvalue weighted by molar-refractivity contribution is 5.95. The third-order valence-corrected chi connectivity index (χ3v) is 4.98. The van der Waals surface area contributed by atoms with Gasteiger partial charge in [-0.15, -0.1) is 0 Å². The summed E-state index contributed by atoms with van der Waals surface area (Å²) in [5.41, 5.74) is 1.87. The molecule has 1 aliphatic heterocycles. The van der Waals surface area contributed by atoms with E-state index in [1.807, 2.05) is 23.1 Å². The van der Waals surface area contributed by atoms with Crippen molar-refractivity contribution < 1.29 is 9.32 Å². The van der Waals surface area contributed by atoms with Crippen molar-refractivity contribution in [2.24, 2.45) is 7.05 Å². The SMILES string of the molecule is Cc1nc([C@H]2CCCN(C(=O)c3cccc(-c4ccc(=O)n(C)n4)c3)C2)no1. The Hall–Kier alpha value is -3.29. The molecule has 0 aliphatic carbocycles. The van der Waals surface area contributed by atoms with Gasteiger partial charge in [0.15, 0.2) is 5.82 Å². The summed E-state index contributed by atoms with van der Waals surface area (Å²) in [4.78, 5) is 30.8. The quantitative estimate of drug-likeness (QED) is 0.692. The second-order valence-electron chi connectivity index (χ2n) is 7.02. The number of carbonyl (C=O) groups excluding carboxylic acids is 1. The fourth-order valence-electron chi connectivity index (χ4n) is 3.50. The summed E-state index contributed by atoms with van der Waals surface area (Å²) in [5, 5.41) is 8.28. The molecule has 8 nitrogen and oxygen atoms in total. The fraction of sp³-hybridized carbons (Fsp3) is 0.350. The van der Waals surface area contributed by atoms with Gasteiger partial charge in [0.2, 0.25) is 5.89 Å². The van der Waals surface area contributed by atoms with Crippen molar-refractivity contribution in [3.63, 3.8) is 0 Å². The van der Waals surface area contributed by atoms with E-state index in [0.717, 1.165) is 18.4 Å². The number of rotatable bonds is 3. The first-order valence-electron chi connectivity index (χ1n) is 9.25. The van der Waals surface area contributed by atoms with Crippen LogP contribution in [0.25, 0.3) is 11.3 Å². The van der Waals surface area contributed by atoms with Crippen molar-refractivity contribution in [2.75, 3.05) is 13.1 Å². The number of hydrogen-bond acceptors (Lipinski definition) is 6. The van der Waals surface area contributed by atoms with Gasteiger partial charge in [-0.1, -0.05) is 17.3 Å². The molecule has 0 bridgehead atoms. The zero-order valence-electron chi connectivity index (χ0n) is 15.8. The Labute approximate surface area is 161 Å². The van der Waals surface area contributed by atoms with Gasteiger partial charge >= 0.3 is 0 Å². The van der Waals surface area contributed by atoms with E-state index in [1.165, 1.54) is 10.7 Å². The second kappa shape index (κ2) is 7.38. The maximum Gasteiger partial charge on any atom is 0.266 e. The molecule has 1 amide bonds. The standard InChI is InChI=1S/C20H21N5O3/c1-13-21-19(23-28-13)16-7-4-10-25(12-16)20(27)15-6-3-5-14(11-15)17-8-9-18(26)24(2)22-17/h3,5-6,8-9,11,16H,4,7,10,12H2,1-2H3/t16-/m0/s1. The molecule has 1 aromatic carbocycles. The molecule has 3 aromatic rings. The lowest BCUT2D eigenvalue weighted by atomic mass is 9.96. The lowest BCUT2D eigenvalue weighted by molar-refractivity contribution is 0.0703. The van der Waals surface area contributed by atoms with Crippen LogP contribution in [0.2, 0.25) is 0 Å². The molecule has 0 radical (unpaired) electrons. The lowest BCUT2D eigenvalue weighted by Crippen LogP contribution is -2.39. The Bertz CT molecular complexity index is 1070. The largest absolute Gasteiger partial charge is 0.340 e. The minimum Gasteiger partial charge on any atom is -0.340 e. The van der Waals surface area contributed by atoms with E-state index in [1.54, 1.807) is 26.1 Å². The van der Waals surface area contributed by atoms with E-state index >= 15 is 0 Å². The van der Waals surface area contributed by atoms with E-state index in [-0.39, 0.29) is 17.4 Å². The van der Waals surface area contributed by atoms with E-state index in [2.05, 4.69) is 15.2 Å². The Morgan fingerprint density at radius 2 is 2.11 bits per heavy atom. The Morgan fingerprint density at radius 3 is 2.86 bits per heavy atom. The zero-order valence-corrected chi connectivity index (χ0v) is 15.8. The molecule has 0 unspecified atom stereocenters. The topological polar surface area (TPSA) is 94.1 Å². The van der Waals surface area contributed by atoms with Gasteiger partial charge in [-0.05, 0) is 31.0 Å². The van der Waals surface area contributed by atoms with Crippen LogP contribution < -0.4 is 5.56 Å². The van der Waals surface area contributed by atoms with Crippen molar-refractivity contribution in [3.05, 3.63) is 64.0 Å². The summed E-state index contributed by atoms with van der Waals surface area (Å²) in [6.07, 6.45) is 1.83. The highest BCUT2D eigenvalue weighted by Crippen LogP contribution is 2.26. The average molecular weight is 379 g/mol. The number of benzene rings is 1. The van der Waals surface area contributed by atoms with E-state index in [4.69, 9.17) is 4.52 Å². The van der Waals surface area contributed by atoms with Crippen LogP contribution in [0, 0.1) is 6.92 Å². The summed E-state index contributed by atoms with van der Waals surface area (Å²) in [7, 11) is 1.61. The third-order valence-electron chi connectivity index (χ3n) is 4.98. The molecular formula is C20H21N5O3. The zero-order chi connectivity index (χ0) is 19.7. The van der Waals surface area contributed by atoms with E-state index in [9.17, 15) is 9.59 Å². The van der Waals surface area contributed by atoms with Crippen molar-refractivity contribution in [1.29, 1.82) is 0 Å². The predicted molar refractivity (Wildman–Crippen MR) is 102 cm³/mol. The first-order valence-corrected chi connectivity index (χ1v) is 9.25. The van der Waals surface area contributed by atoms with Gasteiger partial charge in [-0.2, -0.15) is 10.1 Å². The molecule has 144 valence electrons. The van der Waals surface area contributed by atoms with Crippen LogP contribution in [-0.2, 0) is 7.05 Å². The molecule has 4 rings (SSSR count). The van der Waals surface area contributed by atoms with Gasteiger partial charge in [0, 0.05) is 50.2 Å². The lowest BCUT2D eigenvalue weighted by Gasteiger charge is -2.31. The van der Waals surface area contributed by atoms with Gasteiger partial charge < -0.3 is 9.42 Å². The van der Waals surface area contributed by atoms with E-state index in [0.29, 0.717) is 36.1 Å². The summed E-state index contributed by atoms with van der Waals surface area (Å²) in [6.45, 7) is 3.04. The molecule has 1 saturated heterocycles. The Balaban J connectivity index is 1.56. The molecule has 1 fully saturated rings. The monoisotopic (exact) mass is 379 g/mol. The van der Waals surface area contributed by atoms with Crippen LogP contribution in [0.4, 0.5) is 0 Å². The highest BCUT2D eigenvalue weighted by atomic mass is 16.5. The minimum atomic E-state index is -0.174. The van der Waals surface area contributed by atoms with Gasteiger partial charge in [-0.3, -0.25) is 9.59 Å². The molecule has 0 saturated carbocycles. The van der Waals surface area contributed by atoms with Crippen molar-refractivity contribution in [1.82, 2.24) is 24.8 Å². The Morgan fingerprint density at radius 1 is 1.25 bits per heavy atom. The molecule has 28 heavy (non-hydrogen) atoms. The number of nitrogens with zero attached hydrogens (tertiary/aromatic N) is 5. The number of amides is 1. The maximum absolute atomic E-state index is 13.1. The van der Waals surface area contributed by atoms with Crippen LogP contribution in [0.15, 0.2) is 45.7 Å². The first-order chi connectivity index (χ1) is 13.5. The summed E-state index contributed by atoms with van der Waals surface area (Å²) >= 11 is 0. The molecule has 1 atom stereocenters.